The molecule has 2 aromatic heterocycles. The molecule has 0 bridgehead atoms. The Morgan fingerprint density at radius 2 is 1.90 bits per heavy atom. The van der Waals surface area contributed by atoms with Crippen molar-refractivity contribution < 1.29 is 0 Å². The van der Waals surface area contributed by atoms with Crippen molar-refractivity contribution in [2.75, 3.05) is 24.2 Å². The Morgan fingerprint density at radius 3 is 2.50 bits per heavy atom. The van der Waals surface area contributed by atoms with E-state index in [1.807, 2.05) is 7.05 Å². The highest BCUT2D eigenvalue weighted by atomic mass is 32.1. The molecule has 1 aliphatic carbocycles. The maximum atomic E-state index is 4.56. The number of thiophene rings is 1. The first-order valence-electron chi connectivity index (χ1n) is 7.05. The zero-order valence-corrected chi connectivity index (χ0v) is 13.6. The summed E-state index contributed by atoms with van der Waals surface area (Å²) in [7, 11) is 1.85. The van der Waals surface area contributed by atoms with Gasteiger partial charge in [0.25, 0.3) is 0 Å². The number of hydrogen-bond donors (Lipinski definition) is 2. The van der Waals surface area contributed by atoms with Crippen molar-refractivity contribution in [1.82, 2.24) is 9.97 Å². The molecule has 1 saturated carbocycles. The van der Waals surface area contributed by atoms with E-state index in [9.17, 15) is 0 Å². The summed E-state index contributed by atoms with van der Waals surface area (Å²) in [6, 6.07) is 2.09. The van der Waals surface area contributed by atoms with Gasteiger partial charge in [-0.1, -0.05) is 27.7 Å². The molecule has 0 aromatic carbocycles. The van der Waals surface area contributed by atoms with Crippen molar-refractivity contribution in [2.45, 2.75) is 27.7 Å². The number of fused-ring (bicyclic) bond motifs is 1. The molecule has 0 atom stereocenters. The van der Waals surface area contributed by atoms with Gasteiger partial charge >= 0.3 is 0 Å². The van der Waals surface area contributed by atoms with Gasteiger partial charge in [-0.3, -0.25) is 0 Å². The quantitative estimate of drug-likeness (QED) is 0.898. The molecule has 1 aliphatic rings. The summed E-state index contributed by atoms with van der Waals surface area (Å²) in [4.78, 5) is 10.1. The lowest BCUT2D eigenvalue weighted by atomic mass is 10.0. The van der Waals surface area contributed by atoms with E-state index in [-0.39, 0.29) is 0 Å². The number of hydrogen-bond acceptors (Lipinski definition) is 5. The van der Waals surface area contributed by atoms with E-state index in [1.165, 1.54) is 0 Å². The van der Waals surface area contributed by atoms with Crippen molar-refractivity contribution in [3.8, 4) is 0 Å². The van der Waals surface area contributed by atoms with Crippen LogP contribution < -0.4 is 10.6 Å². The van der Waals surface area contributed by atoms with E-state index in [1.54, 1.807) is 11.3 Å². The fourth-order valence-electron chi connectivity index (χ4n) is 3.14. The van der Waals surface area contributed by atoms with Crippen LogP contribution in [0.25, 0.3) is 10.2 Å². The fourth-order valence-corrected chi connectivity index (χ4v) is 3.91. The highest BCUT2D eigenvalue weighted by Gasteiger charge is 2.64. The molecule has 0 saturated heterocycles. The van der Waals surface area contributed by atoms with Crippen LogP contribution in [-0.4, -0.2) is 23.6 Å². The molecule has 4 nitrogen and oxygen atoms in total. The Bertz CT molecular complexity index is 630. The highest BCUT2D eigenvalue weighted by Crippen LogP contribution is 2.68. The predicted molar refractivity (Wildman–Crippen MR) is 86.5 cm³/mol. The first-order valence-corrected chi connectivity index (χ1v) is 7.93. The van der Waals surface area contributed by atoms with Crippen LogP contribution in [0.3, 0.4) is 0 Å². The number of nitrogens with one attached hydrogen (secondary N) is 2. The van der Waals surface area contributed by atoms with Gasteiger partial charge in [0.2, 0.25) is 5.95 Å². The van der Waals surface area contributed by atoms with Gasteiger partial charge in [-0.2, -0.15) is 4.98 Å². The van der Waals surface area contributed by atoms with Crippen molar-refractivity contribution in [2.24, 2.45) is 16.7 Å². The minimum Gasteiger partial charge on any atom is -0.369 e. The van der Waals surface area contributed by atoms with Gasteiger partial charge < -0.3 is 10.6 Å². The summed E-state index contributed by atoms with van der Waals surface area (Å²) in [5, 5.41) is 9.75. The Kier molecular flexibility index (Phi) is 2.94. The van der Waals surface area contributed by atoms with E-state index in [4.69, 9.17) is 0 Å². The molecule has 0 aliphatic heterocycles. The lowest BCUT2D eigenvalue weighted by molar-refractivity contribution is 0.457. The summed E-state index contributed by atoms with van der Waals surface area (Å²) in [5.41, 5.74) is 0.791. The second kappa shape index (κ2) is 4.32. The van der Waals surface area contributed by atoms with Gasteiger partial charge in [-0.25, -0.2) is 4.98 Å². The topological polar surface area (TPSA) is 49.8 Å². The molecular formula is C15H22N4S. The van der Waals surface area contributed by atoms with Crippen molar-refractivity contribution in [3.63, 3.8) is 0 Å². The van der Waals surface area contributed by atoms with Gasteiger partial charge in [0, 0.05) is 13.6 Å². The third-order valence-corrected chi connectivity index (χ3v) is 6.15. The molecular weight excluding hydrogens is 268 g/mol. The van der Waals surface area contributed by atoms with Crippen molar-refractivity contribution in [1.29, 1.82) is 0 Å². The van der Waals surface area contributed by atoms with Gasteiger partial charge in [0.15, 0.2) is 0 Å². The summed E-state index contributed by atoms with van der Waals surface area (Å²) in [5.74, 6) is 2.30. The molecule has 20 heavy (non-hydrogen) atoms. The summed E-state index contributed by atoms with van der Waals surface area (Å²) in [6.07, 6.45) is 0. The van der Waals surface area contributed by atoms with Crippen LogP contribution >= 0.6 is 11.3 Å². The van der Waals surface area contributed by atoms with Gasteiger partial charge in [-0.05, 0) is 28.2 Å². The van der Waals surface area contributed by atoms with Crippen LogP contribution in [0.15, 0.2) is 11.4 Å². The third-order valence-electron chi connectivity index (χ3n) is 5.34. The lowest BCUT2D eigenvalue weighted by Gasteiger charge is -2.09. The van der Waals surface area contributed by atoms with Crippen LogP contribution in [0.4, 0.5) is 11.8 Å². The van der Waals surface area contributed by atoms with E-state index >= 15 is 0 Å². The molecule has 1 fully saturated rings. The standard InChI is InChI=1S/C15H22N4S/c1-14(2)10(15(14,3)4)8-17-11-9-6-7-20-12(9)19-13(16-5)18-11/h6-7,10H,8H2,1-5H3,(H2,16,17,18,19). The van der Waals surface area contributed by atoms with Crippen LogP contribution in [0.2, 0.25) is 0 Å². The number of nitrogens with zero attached hydrogens (tertiary/aromatic N) is 2. The molecule has 0 amide bonds. The van der Waals surface area contributed by atoms with Crippen LogP contribution in [0.1, 0.15) is 27.7 Å². The number of rotatable bonds is 4. The van der Waals surface area contributed by atoms with Gasteiger partial charge in [0.05, 0.1) is 5.39 Å². The largest absolute Gasteiger partial charge is 0.369 e. The monoisotopic (exact) mass is 290 g/mol. The third kappa shape index (κ3) is 1.87. The summed E-state index contributed by atoms with van der Waals surface area (Å²) < 4.78 is 0. The molecule has 0 spiro atoms. The molecule has 2 heterocycles. The Hall–Kier alpha value is -1.36. The van der Waals surface area contributed by atoms with E-state index in [0.29, 0.717) is 22.7 Å². The van der Waals surface area contributed by atoms with E-state index < -0.39 is 0 Å². The second-order valence-electron chi connectivity index (χ2n) is 6.66. The predicted octanol–water partition coefficient (Wildman–Crippen LogP) is 3.83. The molecule has 2 aromatic rings. The maximum Gasteiger partial charge on any atom is 0.225 e. The molecule has 0 unspecified atom stereocenters. The van der Waals surface area contributed by atoms with E-state index in [0.717, 1.165) is 22.6 Å². The first-order chi connectivity index (χ1) is 9.38. The van der Waals surface area contributed by atoms with Gasteiger partial charge in [0.1, 0.15) is 10.6 Å². The normalized spacial score (nSPS) is 20.1. The zero-order chi connectivity index (χ0) is 14.5. The first kappa shape index (κ1) is 13.6. The molecule has 5 heteroatoms. The average Bonchev–Trinajstić information content (AvgIpc) is 2.76. The average molecular weight is 290 g/mol. The molecule has 0 radical (unpaired) electrons. The van der Waals surface area contributed by atoms with Crippen LogP contribution in [-0.2, 0) is 0 Å². The fraction of sp³-hybridized carbons (Fsp3) is 0.600. The second-order valence-corrected chi connectivity index (χ2v) is 7.56. The molecule has 2 N–H and O–H groups in total. The Balaban J connectivity index is 1.83. The van der Waals surface area contributed by atoms with Gasteiger partial charge in [-0.15, -0.1) is 11.3 Å². The van der Waals surface area contributed by atoms with Crippen LogP contribution in [0, 0.1) is 16.7 Å². The number of anilines is 2. The zero-order valence-electron chi connectivity index (χ0n) is 12.7. The Morgan fingerprint density at radius 1 is 1.20 bits per heavy atom. The molecule has 108 valence electrons. The number of aromatic nitrogens is 2. The SMILES string of the molecule is CNc1nc(NCC2C(C)(C)C2(C)C)c2ccsc2n1. The van der Waals surface area contributed by atoms with Crippen molar-refractivity contribution >= 4 is 33.3 Å². The summed E-state index contributed by atoms with van der Waals surface area (Å²) >= 11 is 1.65. The smallest absolute Gasteiger partial charge is 0.225 e. The van der Waals surface area contributed by atoms with Crippen LogP contribution in [0.5, 0.6) is 0 Å². The highest BCUT2D eigenvalue weighted by molar-refractivity contribution is 7.16. The Labute approximate surface area is 124 Å². The minimum atomic E-state index is 0.395. The van der Waals surface area contributed by atoms with E-state index in [2.05, 4.69) is 59.7 Å². The minimum absolute atomic E-state index is 0.395. The summed E-state index contributed by atoms with van der Waals surface area (Å²) in [6.45, 7) is 10.3. The maximum absolute atomic E-state index is 4.56. The van der Waals surface area contributed by atoms with Crippen molar-refractivity contribution in [3.05, 3.63) is 11.4 Å². The lowest BCUT2D eigenvalue weighted by Crippen LogP contribution is -2.10. The molecule has 3 rings (SSSR count).